The van der Waals surface area contributed by atoms with Crippen LogP contribution in [0.1, 0.15) is 52.2 Å². The van der Waals surface area contributed by atoms with Crippen LogP contribution in [0.15, 0.2) is 42.3 Å². The molecule has 1 N–H and O–H groups in total. The number of allylic oxidation sites excluding steroid dienone is 5. The van der Waals surface area contributed by atoms with Crippen LogP contribution in [0.3, 0.4) is 0 Å². The molecular formula is C17H18FNO3. The maximum absolute atomic E-state index is 13.9. The highest BCUT2D eigenvalue weighted by Crippen LogP contribution is 2.43. The van der Waals surface area contributed by atoms with Crippen LogP contribution >= 0.6 is 0 Å². The SMILES string of the molecule is C=C/C=C(C(=O)c1cc(C2CC2)c(C(=O)O)n1C)\C(F)=C/C. The Balaban J connectivity index is 2.54. The highest BCUT2D eigenvalue weighted by Gasteiger charge is 2.33. The highest BCUT2D eigenvalue weighted by molar-refractivity contribution is 6.11. The fourth-order valence-corrected chi connectivity index (χ4v) is 2.49. The van der Waals surface area contributed by atoms with Gasteiger partial charge in [-0.2, -0.15) is 0 Å². The van der Waals surface area contributed by atoms with Crippen molar-refractivity contribution in [2.24, 2.45) is 7.05 Å². The van der Waals surface area contributed by atoms with Gasteiger partial charge in [0.05, 0.1) is 11.3 Å². The van der Waals surface area contributed by atoms with Crippen molar-refractivity contribution in [3.8, 4) is 0 Å². The maximum atomic E-state index is 13.9. The fraction of sp³-hybridized carbons (Fsp3) is 0.294. The van der Waals surface area contributed by atoms with Crippen molar-refractivity contribution in [1.29, 1.82) is 0 Å². The molecular weight excluding hydrogens is 285 g/mol. The quantitative estimate of drug-likeness (QED) is 0.494. The van der Waals surface area contributed by atoms with E-state index in [4.69, 9.17) is 0 Å². The maximum Gasteiger partial charge on any atom is 0.352 e. The molecule has 1 fully saturated rings. The van der Waals surface area contributed by atoms with Crippen molar-refractivity contribution in [3.05, 3.63) is 59.2 Å². The Morgan fingerprint density at radius 1 is 1.45 bits per heavy atom. The largest absolute Gasteiger partial charge is 0.477 e. The molecule has 1 aromatic heterocycles. The molecule has 0 saturated heterocycles. The van der Waals surface area contributed by atoms with Crippen molar-refractivity contribution in [3.63, 3.8) is 0 Å². The molecule has 22 heavy (non-hydrogen) atoms. The Morgan fingerprint density at radius 2 is 2.09 bits per heavy atom. The number of carboxylic acids is 1. The average molecular weight is 303 g/mol. The number of Topliss-reactive ketones (excluding diaryl/α,β-unsaturated/α-hetero) is 1. The number of rotatable bonds is 6. The molecule has 1 saturated carbocycles. The Morgan fingerprint density at radius 3 is 2.55 bits per heavy atom. The second-order valence-corrected chi connectivity index (χ2v) is 5.25. The number of carbonyl (C=O) groups excluding carboxylic acids is 1. The fourth-order valence-electron chi connectivity index (χ4n) is 2.49. The van der Waals surface area contributed by atoms with Gasteiger partial charge in [0.25, 0.3) is 0 Å². The van der Waals surface area contributed by atoms with E-state index < -0.39 is 17.6 Å². The van der Waals surface area contributed by atoms with Crippen molar-refractivity contribution in [2.75, 3.05) is 0 Å². The summed E-state index contributed by atoms with van der Waals surface area (Å²) < 4.78 is 15.2. The number of ketones is 1. The Kier molecular flexibility index (Phi) is 4.45. The van der Waals surface area contributed by atoms with Gasteiger partial charge in [-0.15, -0.1) is 0 Å². The lowest BCUT2D eigenvalue weighted by atomic mass is 10.1. The standard InChI is InChI=1S/C17H18FNO3/c1-4-6-11(13(18)5-2)16(20)14-9-12(10-7-8-10)15(17(21)22)19(14)3/h4-6,9-10H,1,7-8H2,2-3H3,(H,21,22)/b11-6+,13-5+. The third-order valence-electron chi connectivity index (χ3n) is 3.75. The van der Waals surface area contributed by atoms with Crippen molar-refractivity contribution < 1.29 is 19.1 Å². The third kappa shape index (κ3) is 2.79. The van der Waals surface area contributed by atoms with Gasteiger partial charge in [-0.25, -0.2) is 9.18 Å². The molecule has 0 aliphatic heterocycles. The molecule has 116 valence electrons. The highest BCUT2D eigenvalue weighted by atomic mass is 19.1. The van der Waals surface area contributed by atoms with E-state index in [1.54, 1.807) is 6.07 Å². The Labute approximate surface area is 128 Å². The van der Waals surface area contributed by atoms with Crippen molar-refractivity contribution in [2.45, 2.75) is 25.7 Å². The normalized spacial score (nSPS) is 15.8. The third-order valence-corrected chi connectivity index (χ3v) is 3.75. The first-order chi connectivity index (χ1) is 10.4. The topological polar surface area (TPSA) is 59.3 Å². The molecule has 0 atom stereocenters. The predicted molar refractivity (Wildman–Crippen MR) is 81.8 cm³/mol. The first-order valence-electron chi connectivity index (χ1n) is 7.04. The van der Waals surface area contributed by atoms with Crippen LogP contribution in [-0.2, 0) is 7.05 Å². The summed E-state index contributed by atoms with van der Waals surface area (Å²) >= 11 is 0. The van der Waals surface area contributed by atoms with Gasteiger partial charge in [0.1, 0.15) is 11.5 Å². The van der Waals surface area contributed by atoms with E-state index in [0.717, 1.165) is 12.8 Å². The van der Waals surface area contributed by atoms with Crippen LogP contribution in [0, 0.1) is 0 Å². The van der Waals surface area contributed by atoms with Gasteiger partial charge in [-0.1, -0.05) is 18.7 Å². The van der Waals surface area contributed by atoms with Gasteiger partial charge < -0.3 is 9.67 Å². The van der Waals surface area contributed by atoms with Crippen LogP contribution < -0.4 is 0 Å². The number of aromatic nitrogens is 1. The average Bonchev–Trinajstić information content (AvgIpc) is 3.26. The lowest BCUT2D eigenvalue weighted by Crippen LogP contribution is -2.13. The molecule has 0 radical (unpaired) electrons. The molecule has 2 rings (SSSR count). The second-order valence-electron chi connectivity index (χ2n) is 5.25. The monoisotopic (exact) mass is 303 g/mol. The first-order valence-corrected chi connectivity index (χ1v) is 7.04. The number of carboxylic acid groups (broad SMARTS) is 1. The molecule has 1 heterocycles. The summed E-state index contributed by atoms with van der Waals surface area (Å²) in [4.78, 5) is 24.0. The number of carbonyl (C=O) groups is 2. The van der Waals surface area contributed by atoms with E-state index >= 15 is 0 Å². The molecule has 0 amide bonds. The molecule has 0 spiro atoms. The lowest BCUT2D eigenvalue weighted by Gasteiger charge is -2.06. The van der Waals surface area contributed by atoms with Gasteiger partial charge in [-0.05, 0) is 43.4 Å². The minimum atomic E-state index is -1.08. The summed E-state index contributed by atoms with van der Waals surface area (Å²) in [5.74, 6) is -2.11. The minimum absolute atomic E-state index is 0.102. The van der Waals surface area contributed by atoms with Crippen LogP contribution in [0.5, 0.6) is 0 Å². The molecule has 1 aromatic rings. The predicted octanol–water partition coefficient (Wildman–Crippen LogP) is 3.77. The van der Waals surface area contributed by atoms with E-state index in [9.17, 15) is 19.1 Å². The summed E-state index contributed by atoms with van der Waals surface area (Å²) in [6.45, 7) is 4.97. The molecule has 5 heteroatoms. The molecule has 1 aliphatic rings. The van der Waals surface area contributed by atoms with Gasteiger partial charge in [-0.3, -0.25) is 4.79 Å². The zero-order chi connectivity index (χ0) is 16.4. The number of nitrogens with zero attached hydrogens (tertiary/aromatic N) is 1. The number of aromatic carboxylic acids is 1. The summed E-state index contributed by atoms with van der Waals surface area (Å²) in [5.41, 5.74) is 0.795. The molecule has 1 aliphatic carbocycles. The summed E-state index contributed by atoms with van der Waals surface area (Å²) in [6, 6.07) is 1.57. The second kappa shape index (κ2) is 6.13. The molecule has 4 nitrogen and oxygen atoms in total. The Hall–Kier alpha value is -2.43. The van der Waals surface area contributed by atoms with Gasteiger partial charge in [0.2, 0.25) is 5.78 Å². The van der Waals surface area contributed by atoms with Crippen LogP contribution in [-0.4, -0.2) is 21.4 Å². The smallest absolute Gasteiger partial charge is 0.352 e. The number of hydrogen-bond acceptors (Lipinski definition) is 2. The lowest BCUT2D eigenvalue weighted by molar-refractivity contribution is 0.0685. The molecule has 0 aromatic carbocycles. The minimum Gasteiger partial charge on any atom is -0.477 e. The van der Waals surface area contributed by atoms with E-state index in [1.807, 2.05) is 0 Å². The van der Waals surface area contributed by atoms with Gasteiger partial charge in [0.15, 0.2) is 0 Å². The molecule has 0 unspecified atom stereocenters. The van der Waals surface area contributed by atoms with Gasteiger partial charge in [0, 0.05) is 7.05 Å². The Bertz CT molecular complexity index is 706. The van der Waals surface area contributed by atoms with Gasteiger partial charge >= 0.3 is 5.97 Å². The zero-order valence-corrected chi connectivity index (χ0v) is 12.6. The van der Waals surface area contributed by atoms with Crippen LogP contribution in [0.4, 0.5) is 4.39 Å². The van der Waals surface area contributed by atoms with E-state index in [2.05, 4.69) is 6.58 Å². The zero-order valence-electron chi connectivity index (χ0n) is 12.6. The van der Waals surface area contributed by atoms with Crippen LogP contribution in [0.2, 0.25) is 0 Å². The molecule has 0 bridgehead atoms. The van der Waals surface area contributed by atoms with Crippen molar-refractivity contribution in [1.82, 2.24) is 4.57 Å². The summed E-state index contributed by atoms with van der Waals surface area (Å²) in [5, 5.41) is 9.37. The van der Waals surface area contributed by atoms with E-state index in [-0.39, 0.29) is 22.9 Å². The number of halogens is 1. The summed E-state index contributed by atoms with van der Waals surface area (Å²) in [7, 11) is 1.52. The van der Waals surface area contributed by atoms with E-state index in [1.165, 1.54) is 36.8 Å². The van der Waals surface area contributed by atoms with E-state index in [0.29, 0.717) is 5.56 Å². The van der Waals surface area contributed by atoms with Crippen LogP contribution in [0.25, 0.3) is 0 Å². The van der Waals surface area contributed by atoms with Crippen molar-refractivity contribution >= 4 is 11.8 Å². The first kappa shape index (κ1) is 15.9. The summed E-state index contributed by atoms with van der Waals surface area (Å²) in [6.07, 6.45) is 5.64. The number of hydrogen-bond donors (Lipinski definition) is 1.